The highest BCUT2D eigenvalue weighted by molar-refractivity contribution is 5.93. The van der Waals surface area contributed by atoms with Crippen molar-refractivity contribution in [1.82, 2.24) is 0 Å². The molecule has 0 aromatic heterocycles. The summed E-state index contributed by atoms with van der Waals surface area (Å²) in [6.45, 7) is 0.646. The molecule has 0 aliphatic heterocycles. The minimum absolute atomic E-state index is 0.397. The van der Waals surface area contributed by atoms with E-state index in [-0.39, 0.29) is 0 Å². The third-order valence-corrected chi connectivity index (χ3v) is 2.58. The third-order valence-electron chi connectivity index (χ3n) is 2.58. The lowest BCUT2D eigenvalue weighted by molar-refractivity contribution is 0.0596. The van der Waals surface area contributed by atoms with Crippen LogP contribution in [0.3, 0.4) is 0 Å². The number of esters is 1. The lowest BCUT2D eigenvalue weighted by atomic mass is 10.2. The topological polar surface area (TPSA) is 61.5 Å². The number of carbonyl (C=O) groups excluding carboxylic acids is 1. The highest BCUT2D eigenvalue weighted by Crippen LogP contribution is 2.31. The van der Waals surface area contributed by atoms with Gasteiger partial charge in [0.2, 0.25) is 0 Å². The van der Waals surface area contributed by atoms with Crippen LogP contribution in [0, 0.1) is 5.92 Å². The Labute approximate surface area is 94.3 Å². The summed E-state index contributed by atoms with van der Waals surface area (Å²) in [6, 6.07) is 4.95. The van der Waals surface area contributed by atoms with Gasteiger partial charge in [0, 0.05) is 11.8 Å². The van der Waals surface area contributed by atoms with Gasteiger partial charge < -0.3 is 15.2 Å². The molecule has 0 atom stereocenters. The second kappa shape index (κ2) is 4.43. The van der Waals surface area contributed by atoms with E-state index in [9.17, 15) is 4.79 Å². The van der Waals surface area contributed by atoms with Crippen molar-refractivity contribution < 1.29 is 14.3 Å². The summed E-state index contributed by atoms with van der Waals surface area (Å²) >= 11 is 0. The first kappa shape index (κ1) is 10.8. The van der Waals surface area contributed by atoms with Crippen LogP contribution < -0.4 is 10.5 Å². The highest BCUT2D eigenvalue weighted by Gasteiger charge is 2.23. The predicted octanol–water partition coefficient (Wildman–Crippen LogP) is 1.84. The molecule has 1 aromatic rings. The van der Waals surface area contributed by atoms with E-state index in [1.807, 2.05) is 0 Å². The van der Waals surface area contributed by atoms with Gasteiger partial charge in [-0.1, -0.05) is 0 Å². The molecule has 0 amide bonds. The van der Waals surface area contributed by atoms with E-state index in [0.717, 1.165) is 0 Å². The number of carbonyl (C=O) groups is 1. The van der Waals surface area contributed by atoms with Gasteiger partial charge in [-0.25, -0.2) is 4.79 Å². The first-order valence-corrected chi connectivity index (χ1v) is 5.31. The molecular weight excluding hydrogens is 206 g/mol. The summed E-state index contributed by atoms with van der Waals surface area (Å²) in [6.07, 6.45) is 2.41. The number of methoxy groups -OCH3 is 1. The van der Waals surface area contributed by atoms with Gasteiger partial charge in [0.25, 0.3) is 0 Å². The van der Waals surface area contributed by atoms with Crippen molar-refractivity contribution in [1.29, 1.82) is 0 Å². The standard InChI is InChI=1S/C12H15NO3/c1-15-12(14)10-5-4-9(13)6-11(10)16-7-8-2-3-8/h4-6,8H,2-3,7,13H2,1H3. The molecule has 16 heavy (non-hydrogen) atoms. The van der Waals surface area contributed by atoms with E-state index >= 15 is 0 Å². The average molecular weight is 221 g/mol. The molecule has 0 saturated heterocycles. The van der Waals surface area contributed by atoms with Gasteiger partial charge in [0.1, 0.15) is 11.3 Å². The Morgan fingerprint density at radius 2 is 2.25 bits per heavy atom. The summed E-state index contributed by atoms with van der Waals surface area (Å²) in [7, 11) is 1.35. The minimum atomic E-state index is -0.397. The fourth-order valence-electron chi connectivity index (χ4n) is 1.43. The van der Waals surface area contributed by atoms with Crippen LogP contribution in [-0.4, -0.2) is 19.7 Å². The zero-order chi connectivity index (χ0) is 11.5. The normalized spacial score (nSPS) is 14.6. The third kappa shape index (κ3) is 2.45. The first-order valence-electron chi connectivity index (χ1n) is 5.31. The van der Waals surface area contributed by atoms with E-state index in [0.29, 0.717) is 29.5 Å². The van der Waals surface area contributed by atoms with E-state index < -0.39 is 5.97 Å². The Balaban J connectivity index is 2.16. The highest BCUT2D eigenvalue weighted by atomic mass is 16.5. The molecule has 0 bridgehead atoms. The Morgan fingerprint density at radius 1 is 1.50 bits per heavy atom. The average Bonchev–Trinajstić information content (AvgIpc) is 3.09. The van der Waals surface area contributed by atoms with Crippen LogP contribution in [0.15, 0.2) is 18.2 Å². The van der Waals surface area contributed by atoms with E-state index in [1.165, 1.54) is 20.0 Å². The molecule has 0 radical (unpaired) electrons. The first-order chi connectivity index (χ1) is 7.70. The molecule has 2 rings (SSSR count). The zero-order valence-corrected chi connectivity index (χ0v) is 9.23. The summed E-state index contributed by atoms with van der Waals surface area (Å²) < 4.78 is 10.3. The molecule has 1 fully saturated rings. The molecule has 1 aromatic carbocycles. The Hall–Kier alpha value is -1.71. The number of hydrogen-bond acceptors (Lipinski definition) is 4. The monoisotopic (exact) mass is 221 g/mol. The molecule has 0 spiro atoms. The van der Waals surface area contributed by atoms with Crippen LogP contribution in [0.1, 0.15) is 23.2 Å². The van der Waals surface area contributed by atoms with Crippen molar-refractivity contribution in [2.24, 2.45) is 5.92 Å². The largest absolute Gasteiger partial charge is 0.492 e. The maximum Gasteiger partial charge on any atom is 0.341 e. The number of anilines is 1. The van der Waals surface area contributed by atoms with Crippen molar-refractivity contribution in [2.45, 2.75) is 12.8 Å². The van der Waals surface area contributed by atoms with Crippen LogP contribution in [0.4, 0.5) is 5.69 Å². The SMILES string of the molecule is COC(=O)c1ccc(N)cc1OCC1CC1. The molecule has 0 heterocycles. The van der Waals surface area contributed by atoms with Crippen LogP contribution >= 0.6 is 0 Å². The number of benzene rings is 1. The van der Waals surface area contributed by atoms with Crippen molar-refractivity contribution in [2.75, 3.05) is 19.5 Å². The maximum absolute atomic E-state index is 11.5. The van der Waals surface area contributed by atoms with Crippen molar-refractivity contribution in [3.05, 3.63) is 23.8 Å². The summed E-state index contributed by atoms with van der Waals surface area (Å²) in [5.74, 6) is 0.747. The van der Waals surface area contributed by atoms with Gasteiger partial charge in [-0.05, 0) is 30.9 Å². The number of nitrogens with two attached hydrogens (primary N) is 1. The molecule has 1 saturated carbocycles. The molecule has 0 unspecified atom stereocenters. The molecule has 4 heteroatoms. The number of nitrogen functional groups attached to an aromatic ring is 1. The van der Waals surface area contributed by atoms with Crippen LogP contribution in [0.25, 0.3) is 0 Å². The lowest BCUT2D eigenvalue weighted by Gasteiger charge is -2.10. The second-order valence-electron chi connectivity index (χ2n) is 4.00. The molecule has 2 N–H and O–H groups in total. The lowest BCUT2D eigenvalue weighted by Crippen LogP contribution is -2.08. The van der Waals surface area contributed by atoms with Gasteiger partial charge in [-0.2, -0.15) is 0 Å². The van der Waals surface area contributed by atoms with Crippen molar-refractivity contribution in [3.63, 3.8) is 0 Å². The number of hydrogen-bond donors (Lipinski definition) is 1. The second-order valence-corrected chi connectivity index (χ2v) is 4.00. The van der Waals surface area contributed by atoms with Crippen molar-refractivity contribution in [3.8, 4) is 5.75 Å². The maximum atomic E-state index is 11.5. The van der Waals surface area contributed by atoms with Gasteiger partial charge in [-0.3, -0.25) is 0 Å². The molecule has 1 aliphatic carbocycles. The van der Waals surface area contributed by atoms with Crippen LogP contribution in [0.2, 0.25) is 0 Å². The summed E-state index contributed by atoms with van der Waals surface area (Å²) in [4.78, 5) is 11.5. The zero-order valence-electron chi connectivity index (χ0n) is 9.23. The smallest absolute Gasteiger partial charge is 0.341 e. The number of ether oxygens (including phenoxy) is 2. The summed E-state index contributed by atoms with van der Waals surface area (Å²) in [5, 5.41) is 0. The number of rotatable bonds is 4. The van der Waals surface area contributed by atoms with Crippen LogP contribution in [-0.2, 0) is 4.74 Å². The van der Waals surface area contributed by atoms with E-state index in [4.69, 9.17) is 10.5 Å². The van der Waals surface area contributed by atoms with Crippen LogP contribution in [0.5, 0.6) is 5.75 Å². The fraction of sp³-hybridized carbons (Fsp3) is 0.417. The van der Waals surface area contributed by atoms with Gasteiger partial charge in [0.15, 0.2) is 0 Å². The molecule has 1 aliphatic rings. The molecule has 4 nitrogen and oxygen atoms in total. The Morgan fingerprint density at radius 3 is 2.88 bits per heavy atom. The Bertz CT molecular complexity index is 399. The quantitative estimate of drug-likeness (QED) is 0.622. The fourth-order valence-corrected chi connectivity index (χ4v) is 1.43. The Kier molecular flexibility index (Phi) is 2.99. The van der Waals surface area contributed by atoms with Crippen molar-refractivity contribution >= 4 is 11.7 Å². The molecule has 86 valence electrons. The van der Waals surface area contributed by atoms with E-state index in [2.05, 4.69) is 4.74 Å². The van der Waals surface area contributed by atoms with Gasteiger partial charge in [-0.15, -0.1) is 0 Å². The van der Waals surface area contributed by atoms with E-state index in [1.54, 1.807) is 18.2 Å². The minimum Gasteiger partial charge on any atom is -0.492 e. The summed E-state index contributed by atoms with van der Waals surface area (Å²) in [5.41, 5.74) is 6.67. The van der Waals surface area contributed by atoms with Gasteiger partial charge in [0.05, 0.1) is 13.7 Å². The predicted molar refractivity (Wildman–Crippen MR) is 60.4 cm³/mol. The van der Waals surface area contributed by atoms with Gasteiger partial charge >= 0.3 is 5.97 Å². The molecular formula is C12H15NO3.